The SMILES string of the molecule is COC1(c2cc(F)cc(OCc3cc(-c4ccccc4)n(-c4ccc(C)cc4)n3)c2)CCOCC1. The summed E-state index contributed by atoms with van der Waals surface area (Å²) < 4.78 is 33.9. The highest BCUT2D eigenvalue weighted by Crippen LogP contribution is 2.37. The number of benzene rings is 3. The van der Waals surface area contributed by atoms with Crippen molar-refractivity contribution in [2.24, 2.45) is 0 Å². The number of methoxy groups -OCH3 is 1. The van der Waals surface area contributed by atoms with Crippen LogP contribution in [0.4, 0.5) is 4.39 Å². The molecule has 2 heterocycles. The molecular weight excluding hydrogens is 443 g/mol. The Balaban J connectivity index is 1.43. The van der Waals surface area contributed by atoms with Crippen molar-refractivity contribution in [2.75, 3.05) is 20.3 Å². The second-order valence-corrected chi connectivity index (χ2v) is 8.91. The Labute approximate surface area is 205 Å². The number of aromatic nitrogens is 2. The molecule has 0 aliphatic carbocycles. The quantitative estimate of drug-likeness (QED) is 0.320. The van der Waals surface area contributed by atoms with Crippen LogP contribution >= 0.6 is 0 Å². The third-order valence-corrected chi connectivity index (χ3v) is 6.58. The summed E-state index contributed by atoms with van der Waals surface area (Å²) in [5, 5.41) is 4.82. The topological polar surface area (TPSA) is 45.5 Å². The van der Waals surface area contributed by atoms with Gasteiger partial charge >= 0.3 is 0 Å². The molecular formula is C29H29FN2O3. The number of aryl methyl sites for hydroxylation is 1. The molecule has 0 N–H and O–H groups in total. The summed E-state index contributed by atoms with van der Waals surface area (Å²) in [6.45, 7) is 3.44. The van der Waals surface area contributed by atoms with E-state index in [-0.39, 0.29) is 12.4 Å². The number of hydrogen-bond donors (Lipinski definition) is 0. The molecule has 1 fully saturated rings. The fraction of sp³-hybridized carbons (Fsp3) is 0.276. The Bertz CT molecular complexity index is 1280. The van der Waals surface area contributed by atoms with E-state index in [0.29, 0.717) is 31.8 Å². The molecule has 4 aromatic rings. The molecule has 1 saturated heterocycles. The van der Waals surface area contributed by atoms with Crippen molar-refractivity contribution in [3.63, 3.8) is 0 Å². The van der Waals surface area contributed by atoms with Crippen molar-refractivity contribution in [2.45, 2.75) is 32.0 Å². The van der Waals surface area contributed by atoms with E-state index >= 15 is 0 Å². The number of hydrogen-bond acceptors (Lipinski definition) is 4. The highest BCUT2D eigenvalue weighted by molar-refractivity contribution is 5.62. The minimum atomic E-state index is -0.564. The summed E-state index contributed by atoms with van der Waals surface area (Å²) in [5.74, 6) is 0.102. The van der Waals surface area contributed by atoms with E-state index in [4.69, 9.17) is 19.3 Å². The van der Waals surface area contributed by atoms with E-state index in [1.54, 1.807) is 7.11 Å². The average Bonchev–Trinajstić information content (AvgIpc) is 3.33. The van der Waals surface area contributed by atoms with Gasteiger partial charge in [0.15, 0.2) is 0 Å². The van der Waals surface area contributed by atoms with Crippen molar-refractivity contribution in [1.29, 1.82) is 0 Å². The molecule has 5 rings (SSSR count). The zero-order chi connectivity index (χ0) is 24.3. The van der Waals surface area contributed by atoms with E-state index in [9.17, 15) is 4.39 Å². The zero-order valence-electron chi connectivity index (χ0n) is 20.0. The second kappa shape index (κ2) is 10.0. The molecule has 0 amide bonds. The fourth-order valence-corrected chi connectivity index (χ4v) is 4.58. The van der Waals surface area contributed by atoms with Crippen LogP contribution in [0, 0.1) is 12.7 Å². The third-order valence-electron chi connectivity index (χ3n) is 6.58. The number of ether oxygens (including phenoxy) is 3. The van der Waals surface area contributed by atoms with Crippen LogP contribution < -0.4 is 4.74 Å². The van der Waals surface area contributed by atoms with Crippen LogP contribution in [0.1, 0.15) is 29.7 Å². The molecule has 0 atom stereocenters. The van der Waals surface area contributed by atoms with Gasteiger partial charge in [0.2, 0.25) is 0 Å². The first kappa shape index (κ1) is 23.3. The molecule has 1 aromatic heterocycles. The molecule has 0 radical (unpaired) electrons. The lowest BCUT2D eigenvalue weighted by Crippen LogP contribution is -2.35. The molecule has 1 aliphatic heterocycles. The first-order valence-corrected chi connectivity index (χ1v) is 11.8. The molecule has 5 nitrogen and oxygen atoms in total. The van der Waals surface area contributed by atoms with Crippen molar-refractivity contribution >= 4 is 0 Å². The van der Waals surface area contributed by atoms with Crippen LogP contribution in [0.3, 0.4) is 0 Å². The van der Waals surface area contributed by atoms with Crippen molar-refractivity contribution in [1.82, 2.24) is 9.78 Å². The summed E-state index contributed by atoms with van der Waals surface area (Å²) >= 11 is 0. The smallest absolute Gasteiger partial charge is 0.132 e. The Kier molecular flexibility index (Phi) is 6.66. The van der Waals surface area contributed by atoms with E-state index in [2.05, 4.69) is 43.3 Å². The van der Waals surface area contributed by atoms with Crippen molar-refractivity contribution in [3.05, 3.63) is 102 Å². The molecule has 35 heavy (non-hydrogen) atoms. The van der Waals surface area contributed by atoms with Gasteiger partial charge < -0.3 is 14.2 Å². The Morgan fingerprint density at radius 1 is 0.971 bits per heavy atom. The molecule has 0 bridgehead atoms. The highest BCUT2D eigenvalue weighted by Gasteiger charge is 2.35. The lowest BCUT2D eigenvalue weighted by Gasteiger charge is -2.36. The van der Waals surface area contributed by atoms with Gasteiger partial charge in [-0.15, -0.1) is 0 Å². The van der Waals surface area contributed by atoms with Gasteiger partial charge in [-0.2, -0.15) is 5.10 Å². The fourth-order valence-electron chi connectivity index (χ4n) is 4.58. The largest absolute Gasteiger partial charge is 0.487 e. The number of rotatable bonds is 7. The Hall–Kier alpha value is -3.48. The molecule has 3 aromatic carbocycles. The van der Waals surface area contributed by atoms with Gasteiger partial charge in [-0.25, -0.2) is 9.07 Å². The maximum absolute atomic E-state index is 14.6. The molecule has 1 aliphatic rings. The van der Waals surface area contributed by atoms with Gasteiger partial charge in [-0.3, -0.25) is 0 Å². The second-order valence-electron chi connectivity index (χ2n) is 8.91. The van der Waals surface area contributed by atoms with Crippen LogP contribution in [0.25, 0.3) is 16.9 Å². The maximum atomic E-state index is 14.6. The van der Waals surface area contributed by atoms with Gasteiger partial charge in [-0.1, -0.05) is 48.0 Å². The molecule has 180 valence electrons. The van der Waals surface area contributed by atoms with E-state index < -0.39 is 5.60 Å². The minimum absolute atomic E-state index is 0.213. The van der Waals surface area contributed by atoms with E-state index in [1.807, 2.05) is 35.0 Å². The van der Waals surface area contributed by atoms with Crippen LogP contribution in [0.5, 0.6) is 5.75 Å². The van der Waals surface area contributed by atoms with Gasteiger partial charge in [0.05, 0.1) is 17.0 Å². The van der Waals surface area contributed by atoms with Crippen molar-refractivity contribution < 1.29 is 18.6 Å². The molecule has 0 saturated carbocycles. The summed E-state index contributed by atoms with van der Waals surface area (Å²) in [4.78, 5) is 0. The van der Waals surface area contributed by atoms with Gasteiger partial charge in [0, 0.05) is 44.8 Å². The lowest BCUT2D eigenvalue weighted by molar-refractivity contribution is -0.0950. The summed E-state index contributed by atoms with van der Waals surface area (Å²) in [6, 6.07) is 25.2. The molecule has 6 heteroatoms. The van der Waals surface area contributed by atoms with Crippen LogP contribution in [-0.4, -0.2) is 30.1 Å². The molecule has 0 unspecified atom stereocenters. The Morgan fingerprint density at radius 2 is 1.71 bits per heavy atom. The predicted octanol–water partition coefficient (Wildman–Crippen LogP) is 6.22. The van der Waals surface area contributed by atoms with Gasteiger partial charge in [0.1, 0.15) is 23.9 Å². The monoisotopic (exact) mass is 472 g/mol. The first-order chi connectivity index (χ1) is 17.1. The van der Waals surface area contributed by atoms with Gasteiger partial charge in [0.25, 0.3) is 0 Å². The van der Waals surface area contributed by atoms with Gasteiger partial charge in [-0.05, 0) is 42.8 Å². The lowest BCUT2D eigenvalue weighted by atomic mass is 9.86. The summed E-state index contributed by atoms with van der Waals surface area (Å²) in [7, 11) is 1.67. The zero-order valence-corrected chi connectivity index (χ0v) is 20.0. The average molecular weight is 473 g/mol. The number of halogens is 1. The minimum Gasteiger partial charge on any atom is -0.487 e. The van der Waals surface area contributed by atoms with Crippen LogP contribution in [-0.2, 0) is 21.7 Å². The van der Waals surface area contributed by atoms with Crippen LogP contribution in [0.15, 0.2) is 78.9 Å². The standard InChI is InChI=1S/C29H29FN2O3/c1-21-8-10-26(11-9-21)32-28(22-6-4-3-5-7-22)19-25(31-32)20-35-27-17-23(16-24(30)18-27)29(33-2)12-14-34-15-13-29/h3-11,16-19H,12-15,20H2,1-2H3. The number of nitrogens with zero attached hydrogens (tertiary/aromatic N) is 2. The summed E-state index contributed by atoms with van der Waals surface area (Å²) in [5.41, 5.74) is 5.14. The normalized spacial score (nSPS) is 15.2. The maximum Gasteiger partial charge on any atom is 0.132 e. The predicted molar refractivity (Wildman–Crippen MR) is 133 cm³/mol. The van der Waals surface area contributed by atoms with E-state index in [0.717, 1.165) is 28.2 Å². The highest BCUT2D eigenvalue weighted by atomic mass is 19.1. The first-order valence-electron chi connectivity index (χ1n) is 11.8. The Morgan fingerprint density at radius 3 is 2.43 bits per heavy atom. The van der Waals surface area contributed by atoms with Crippen LogP contribution in [0.2, 0.25) is 0 Å². The third kappa shape index (κ3) is 4.99. The van der Waals surface area contributed by atoms with E-state index in [1.165, 1.54) is 17.7 Å². The molecule has 0 spiro atoms. The van der Waals surface area contributed by atoms with Crippen molar-refractivity contribution in [3.8, 4) is 22.7 Å². The summed E-state index contributed by atoms with van der Waals surface area (Å²) in [6.07, 6.45) is 1.35.